The molecule has 0 saturated carbocycles. The van der Waals surface area contributed by atoms with Gasteiger partial charge in [-0.05, 0) is 25.1 Å². The van der Waals surface area contributed by atoms with Gasteiger partial charge >= 0.3 is 0 Å². The number of alkyl halides is 2. The molecular formula is C12H16F2N2O4S. The lowest BCUT2D eigenvalue weighted by Gasteiger charge is -2.17. The van der Waals surface area contributed by atoms with Crippen LogP contribution in [0.3, 0.4) is 0 Å². The van der Waals surface area contributed by atoms with Crippen LogP contribution in [0.2, 0.25) is 0 Å². The van der Waals surface area contributed by atoms with Gasteiger partial charge in [-0.3, -0.25) is 4.79 Å². The maximum Gasteiger partial charge on any atom is 0.255 e. The summed E-state index contributed by atoms with van der Waals surface area (Å²) in [5.41, 5.74) is -0.0642. The molecule has 118 valence electrons. The van der Waals surface area contributed by atoms with Crippen LogP contribution in [-0.4, -0.2) is 45.8 Å². The largest absolute Gasteiger partial charge is 0.492 e. The Bertz CT molecular complexity index is 620. The van der Waals surface area contributed by atoms with Gasteiger partial charge in [0.25, 0.3) is 12.3 Å². The average molecular weight is 322 g/mol. The van der Waals surface area contributed by atoms with Gasteiger partial charge < -0.3 is 9.64 Å². The summed E-state index contributed by atoms with van der Waals surface area (Å²) in [5, 5.41) is 5.06. The van der Waals surface area contributed by atoms with Gasteiger partial charge in [-0.15, -0.1) is 0 Å². The molecule has 0 atom stereocenters. The lowest BCUT2D eigenvalue weighted by Crippen LogP contribution is -2.31. The molecule has 2 N–H and O–H groups in total. The number of hydrogen-bond acceptors (Lipinski definition) is 4. The molecule has 0 bridgehead atoms. The predicted molar refractivity (Wildman–Crippen MR) is 71.9 cm³/mol. The van der Waals surface area contributed by atoms with Crippen molar-refractivity contribution in [2.45, 2.75) is 18.2 Å². The highest BCUT2D eigenvalue weighted by Gasteiger charge is 2.21. The number of benzene rings is 1. The predicted octanol–water partition coefficient (Wildman–Crippen LogP) is 1.07. The minimum atomic E-state index is -4.10. The zero-order valence-electron chi connectivity index (χ0n) is 11.5. The molecule has 0 unspecified atom stereocenters. The zero-order valence-corrected chi connectivity index (χ0v) is 12.4. The summed E-state index contributed by atoms with van der Waals surface area (Å²) >= 11 is 0. The van der Waals surface area contributed by atoms with E-state index in [9.17, 15) is 22.0 Å². The first-order chi connectivity index (χ1) is 9.66. The molecule has 0 spiro atoms. The normalized spacial score (nSPS) is 11.5. The Morgan fingerprint density at radius 1 is 1.43 bits per heavy atom. The van der Waals surface area contributed by atoms with E-state index in [0.717, 1.165) is 11.0 Å². The first-order valence-corrected chi connectivity index (χ1v) is 7.54. The fourth-order valence-corrected chi connectivity index (χ4v) is 2.35. The molecule has 1 amide bonds. The Morgan fingerprint density at radius 3 is 2.52 bits per heavy atom. The number of nitrogens with zero attached hydrogens (tertiary/aromatic N) is 1. The number of sulfonamides is 1. The molecule has 0 aliphatic rings. The Balaban J connectivity index is 3.19. The van der Waals surface area contributed by atoms with E-state index in [2.05, 4.69) is 0 Å². The molecule has 1 aromatic rings. The Kier molecular flexibility index (Phi) is 5.62. The van der Waals surface area contributed by atoms with Crippen molar-refractivity contribution in [1.82, 2.24) is 4.90 Å². The molecule has 0 aliphatic carbocycles. The number of rotatable bonds is 6. The smallest absolute Gasteiger partial charge is 0.255 e. The van der Waals surface area contributed by atoms with E-state index in [1.165, 1.54) is 19.2 Å². The van der Waals surface area contributed by atoms with Crippen molar-refractivity contribution < 1.29 is 26.7 Å². The second kappa shape index (κ2) is 6.81. The molecule has 21 heavy (non-hydrogen) atoms. The summed E-state index contributed by atoms with van der Waals surface area (Å²) in [6.07, 6.45) is -2.68. The second-order valence-electron chi connectivity index (χ2n) is 4.22. The maximum atomic E-state index is 12.3. The quantitative estimate of drug-likeness (QED) is 0.848. The number of hydrogen-bond donors (Lipinski definition) is 1. The van der Waals surface area contributed by atoms with Gasteiger partial charge in [-0.25, -0.2) is 22.3 Å². The van der Waals surface area contributed by atoms with Crippen LogP contribution in [0, 0.1) is 0 Å². The topological polar surface area (TPSA) is 89.7 Å². The van der Waals surface area contributed by atoms with Crippen LogP contribution in [0.15, 0.2) is 23.1 Å². The SMILES string of the molecule is CCOc1ccc(C(=O)N(C)CC(F)F)cc1S(N)(=O)=O. The molecule has 0 aliphatic heterocycles. The number of nitrogens with two attached hydrogens (primary N) is 1. The third-order valence-corrected chi connectivity index (χ3v) is 3.49. The maximum absolute atomic E-state index is 12.3. The van der Waals surface area contributed by atoms with Crippen LogP contribution in [0.4, 0.5) is 8.78 Å². The van der Waals surface area contributed by atoms with Gasteiger partial charge in [-0.2, -0.15) is 0 Å². The number of amides is 1. The summed E-state index contributed by atoms with van der Waals surface area (Å²) in [4.78, 5) is 12.4. The molecule has 6 nitrogen and oxygen atoms in total. The fraction of sp³-hybridized carbons (Fsp3) is 0.417. The minimum absolute atomic E-state index is 0.00747. The summed E-state index contributed by atoms with van der Waals surface area (Å²) in [6, 6.07) is 3.58. The molecule has 1 aromatic carbocycles. The van der Waals surface area contributed by atoms with Crippen molar-refractivity contribution in [3.63, 3.8) is 0 Å². The van der Waals surface area contributed by atoms with Crippen LogP contribution in [0.5, 0.6) is 5.75 Å². The summed E-state index contributed by atoms with van der Waals surface area (Å²) in [6.45, 7) is 1.11. The minimum Gasteiger partial charge on any atom is -0.492 e. The van der Waals surface area contributed by atoms with E-state index in [0.29, 0.717) is 0 Å². The Morgan fingerprint density at radius 2 is 2.05 bits per heavy atom. The van der Waals surface area contributed by atoms with Gasteiger partial charge in [0.1, 0.15) is 10.6 Å². The summed E-state index contributed by atoms with van der Waals surface area (Å²) in [5.74, 6) is -0.726. The molecule has 0 radical (unpaired) electrons. The highest BCUT2D eigenvalue weighted by molar-refractivity contribution is 7.89. The van der Waals surface area contributed by atoms with Crippen LogP contribution in [-0.2, 0) is 10.0 Å². The van der Waals surface area contributed by atoms with Gasteiger partial charge in [0.2, 0.25) is 10.0 Å². The van der Waals surface area contributed by atoms with Crippen LogP contribution in [0.25, 0.3) is 0 Å². The third-order valence-electron chi connectivity index (χ3n) is 2.56. The van der Waals surface area contributed by atoms with Crippen molar-refractivity contribution in [2.24, 2.45) is 5.14 Å². The number of halogens is 2. The summed E-state index contributed by atoms with van der Waals surface area (Å²) < 4.78 is 52.7. The van der Waals surface area contributed by atoms with Crippen LogP contribution in [0.1, 0.15) is 17.3 Å². The number of primary sulfonamides is 1. The van der Waals surface area contributed by atoms with Crippen molar-refractivity contribution in [3.8, 4) is 5.75 Å². The first-order valence-electron chi connectivity index (χ1n) is 6.00. The van der Waals surface area contributed by atoms with E-state index in [1.807, 2.05) is 0 Å². The molecule has 9 heteroatoms. The molecule has 0 fully saturated rings. The van der Waals surface area contributed by atoms with Crippen LogP contribution >= 0.6 is 0 Å². The van der Waals surface area contributed by atoms with E-state index in [1.54, 1.807) is 6.92 Å². The molecule has 0 saturated heterocycles. The van der Waals surface area contributed by atoms with Crippen molar-refractivity contribution in [3.05, 3.63) is 23.8 Å². The van der Waals surface area contributed by atoms with Crippen molar-refractivity contribution in [1.29, 1.82) is 0 Å². The lowest BCUT2D eigenvalue weighted by molar-refractivity contribution is 0.0620. The standard InChI is InChI=1S/C12H16F2N2O4S/c1-3-20-9-5-4-8(6-10(9)21(15,18)19)12(17)16(2)7-11(13)14/h4-6,11H,3,7H2,1-2H3,(H2,15,18,19). The van der Waals surface area contributed by atoms with E-state index in [-0.39, 0.29) is 22.8 Å². The lowest BCUT2D eigenvalue weighted by atomic mass is 10.2. The van der Waals surface area contributed by atoms with Crippen LogP contribution < -0.4 is 9.88 Å². The number of ether oxygens (including phenoxy) is 1. The first kappa shape index (κ1) is 17.3. The molecule has 1 rings (SSSR count). The van der Waals surface area contributed by atoms with Gasteiger partial charge in [0.15, 0.2) is 0 Å². The van der Waals surface area contributed by atoms with E-state index >= 15 is 0 Å². The monoisotopic (exact) mass is 322 g/mol. The highest BCUT2D eigenvalue weighted by Crippen LogP contribution is 2.24. The highest BCUT2D eigenvalue weighted by atomic mass is 32.2. The van der Waals surface area contributed by atoms with E-state index < -0.39 is 28.9 Å². The molecule has 0 aromatic heterocycles. The van der Waals surface area contributed by atoms with Gasteiger partial charge in [0.05, 0.1) is 13.2 Å². The fourth-order valence-electron chi connectivity index (χ4n) is 1.65. The number of carbonyl (C=O) groups is 1. The van der Waals surface area contributed by atoms with E-state index in [4.69, 9.17) is 9.88 Å². The van der Waals surface area contributed by atoms with Crippen molar-refractivity contribution >= 4 is 15.9 Å². The average Bonchev–Trinajstić information content (AvgIpc) is 2.36. The van der Waals surface area contributed by atoms with Gasteiger partial charge in [0, 0.05) is 12.6 Å². The third kappa shape index (κ3) is 4.64. The number of carbonyl (C=O) groups excluding carboxylic acids is 1. The molecular weight excluding hydrogens is 306 g/mol. The summed E-state index contributed by atoms with van der Waals surface area (Å²) in [7, 11) is -2.91. The zero-order chi connectivity index (χ0) is 16.2. The van der Waals surface area contributed by atoms with Crippen molar-refractivity contribution in [2.75, 3.05) is 20.2 Å². The Labute approximate surface area is 121 Å². The second-order valence-corrected chi connectivity index (χ2v) is 5.75. The Hall–Kier alpha value is -1.74. The molecule has 0 heterocycles. The van der Waals surface area contributed by atoms with Gasteiger partial charge in [-0.1, -0.05) is 0 Å².